The minimum Gasteiger partial charge on any atom is -0.329 e. The van der Waals surface area contributed by atoms with Gasteiger partial charge in [-0.15, -0.1) is 0 Å². The Bertz CT molecular complexity index is 483. The molecule has 1 aromatic rings. The monoisotopic (exact) mass is 300 g/mol. The Morgan fingerprint density at radius 1 is 1.24 bits per heavy atom. The predicted octanol–water partition coefficient (Wildman–Crippen LogP) is 2.85. The summed E-state index contributed by atoms with van der Waals surface area (Å²) in [5, 5.41) is 0. The van der Waals surface area contributed by atoms with Crippen LogP contribution in [0.5, 0.6) is 0 Å². The van der Waals surface area contributed by atoms with Crippen LogP contribution in [0.4, 0.5) is 13.2 Å². The number of carbonyl (C=O) groups excluding carboxylic acids is 1. The van der Waals surface area contributed by atoms with Crippen LogP contribution in [-0.4, -0.2) is 29.1 Å². The third-order valence-corrected chi connectivity index (χ3v) is 3.79. The molecule has 2 N–H and O–H groups in total. The van der Waals surface area contributed by atoms with Crippen LogP contribution in [0.25, 0.3) is 0 Å². The molecule has 1 saturated carbocycles. The lowest BCUT2D eigenvalue weighted by Gasteiger charge is -2.39. The molecule has 1 aliphatic carbocycles. The van der Waals surface area contributed by atoms with Gasteiger partial charge in [-0.25, -0.2) is 0 Å². The van der Waals surface area contributed by atoms with Crippen LogP contribution in [0.2, 0.25) is 0 Å². The van der Waals surface area contributed by atoms with Crippen LogP contribution >= 0.6 is 0 Å². The number of hydrogen-bond acceptors (Lipinski definition) is 2. The molecular weight excluding hydrogens is 281 g/mol. The van der Waals surface area contributed by atoms with Gasteiger partial charge in [0.25, 0.3) is 0 Å². The summed E-state index contributed by atoms with van der Waals surface area (Å²) in [6, 6.07) is 8.67. The molecule has 3 nitrogen and oxygen atoms in total. The lowest BCUT2D eigenvalue weighted by molar-refractivity contribution is -0.163. The van der Waals surface area contributed by atoms with Crippen molar-refractivity contribution < 1.29 is 18.0 Å². The Morgan fingerprint density at radius 3 is 2.33 bits per heavy atom. The summed E-state index contributed by atoms with van der Waals surface area (Å²) in [5.41, 5.74) is 6.03. The van der Waals surface area contributed by atoms with Gasteiger partial charge >= 0.3 is 6.18 Å². The number of nitrogens with zero attached hydrogens (tertiary/aromatic N) is 1. The molecule has 0 saturated heterocycles. The minimum atomic E-state index is -4.41. The van der Waals surface area contributed by atoms with Gasteiger partial charge < -0.3 is 10.6 Å². The molecule has 6 heteroatoms. The fourth-order valence-electron chi connectivity index (χ4n) is 2.47. The number of nitrogens with two attached hydrogens (primary N) is 1. The zero-order valence-electron chi connectivity index (χ0n) is 11.7. The summed E-state index contributed by atoms with van der Waals surface area (Å²) in [7, 11) is 0. The average molecular weight is 300 g/mol. The Balaban J connectivity index is 2.06. The Hall–Kier alpha value is -1.56. The highest BCUT2D eigenvalue weighted by Crippen LogP contribution is 2.33. The number of carbonyl (C=O) groups is 1. The van der Waals surface area contributed by atoms with Gasteiger partial charge in [-0.2, -0.15) is 13.2 Å². The van der Waals surface area contributed by atoms with Gasteiger partial charge in [0.1, 0.15) is 6.54 Å². The van der Waals surface area contributed by atoms with Gasteiger partial charge in [-0.1, -0.05) is 30.3 Å². The zero-order chi connectivity index (χ0) is 15.5. The maximum absolute atomic E-state index is 12.7. The highest BCUT2D eigenvalue weighted by molar-refractivity contribution is 5.77. The van der Waals surface area contributed by atoms with Crippen molar-refractivity contribution in [3.63, 3.8) is 0 Å². The largest absolute Gasteiger partial charge is 0.406 e. The van der Waals surface area contributed by atoms with E-state index in [-0.39, 0.29) is 13.0 Å². The van der Waals surface area contributed by atoms with Gasteiger partial charge in [0.2, 0.25) is 5.91 Å². The third kappa shape index (κ3) is 4.74. The fourth-order valence-corrected chi connectivity index (χ4v) is 2.47. The number of rotatable bonds is 5. The number of hydrogen-bond donors (Lipinski definition) is 1. The first-order valence-electron chi connectivity index (χ1n) is 6.95. The summed E-state index contributed by atoms with van der Waals surface area (Å²) < 4.78 is 38.0. The second-order valence-corrected chi connectivity index (χ2v) is 5.74. The van der Waals surface area contributed by atoms with E-state index in [1.165, 1.54) is 0 Å². The normalized spacial score (nSPS) is 17.1. The molecule has 116 valence electrons. The van der Waals surface area contributed by atoms with Crippen LogP contribution in [0, 0.1) is 0 Å². The van der Waals surface area contributed by atoms with Crippen LogP contribution < -0.4 is 5.73 Å². The van der Waals surface area contributed by atoms with Gasteiger partial charge in [0.05, 0.1) is 0 Å². The van der Waals surface area contributed by atoms with E-state index in [9.17, 15) is 18.0 Å². The topological polar surface area (TPSA) is 46.3 Å². The first-order chi connectivity index (χ1) is 9.77. The standard InChI is InChI=1S/C15H19F3N2O/c16-15(17,18)11-20(10-12-5-2-1-3-6-12)13(21)9-14(19)7-4-8-14/h1-3,5-6H,4,7-11,19H2. The van der Waals surface area contributed by atoms with Crippen molar-refractivity contribution in [2.24, 2.45) is 5.73 Å². The van der Waals surface area contributed by atoms with Crippen molar-refractivity contribution in [2.45, 2.75) is 43.9 Å². The maximum Gasteiger partial charge on any atom is 0.406 e. The summed E-state index contributed by atoms with van der Waals surface area (Å²) in [6.07, 6.45) is -2.10. The quantitative estimate of drug-likeness (QED) is 0.909. The predicted molar refractivity (Wildman–Crippen MR) is 73.3 cm³/mol. The second kappa shape index (κ2) is 6.05. The Morgan fingerprint density at radius 2 is 1.86 bits per heavy atom. The highest BCUT2D eigenvalue weighted by Gasteiger charge is 2.38. The number of halogens is 3. The summed E-state index contributed by atoms with van der Waals surface area (Å²) in [5.74, 6) is -0.529. The van der Waals surface area contributed by atoms with Gasteiger partial charge in [0.15, 0.2) is 0 Å². The molecule has 21 heavy (non-hydrogen) atoms. The van der Waals surface area contributed by atoms with E-state index in [0.29, 0.717) is 18.4 Å². The lowest BCUT2D eigenvalue weighted by atomic mass is 9.75. The van der Waals surface area contributed by atoms with Crippen molar-refractivity contribution in [1.29, 1.82) is 0 Å². The van der Waals surface area contributed by atoms with Crippen LogP contribution in [0.15, 0.2) is 30.3 Å². The van der Waals surface area contributed by atoms with E-state index < -0.39 is 24.2 Å². The molecule has 2 rings (SSSR count). The first kappa shape index (κ1) is 15.8. The maximum atomic E-state index is 12.7. The van der Waals surface area contributed by atoms with E-state index in [0.717, 1.165) is 11.3 Å². The molecule has 0 spiro atoms. The van der Waals surface area contributed by atoms with E-state index in [1.54, 1.807) is 30.3 Å². The number of benzene rings is 1. The lowest BCUT2D eigenvalue weighted by Crippen LogP contribution is -2.51. The molecule has 0 heterocycles. The number of amides is 1. The molecule has 1 aliphatic rings. The van der Waals surface area contributed by atoms with Crippen LogP contribution in [-0.2, 0) is 11.3 Å². The summed E-state index contributed by atoms with van der Waals surface area (Å²) >= 11 is 0. The molecule has 0 bridgehead atoms. The SMILES string of the molecule is NC1(CC(=O)N(Cc2ccccc2)CC(F)(F)F)CCC1. The molecule has 0 radical (unpaired) electrons. The van der Waals surface area contributed by atoms with Crippen molar-refractivity contribution in [3.05, 3.63) is 35.9 Å². The highest BCUT2D eigenvalue weighted by atomic mass is 19.4. The Kier molecular flexibility index (Phi) is 4.56. The molecule has 1 fully saturated rings. The Labute approximate surface area is 121 Å². The van der Waals surface area contributed by atoms with Crippen LogP contribution in [0.1, 0.15) is 31.2 Å². The van der Waals surface area contributed by atoms with Gasteiger partial charge in [0, 0.05) is 18.5 Å². The smallest absolute Gasteiger partial charge is 0.329 e. The van der Waals surface area contributed by atoms with Gasteiger partial charge in [-0.3, -0.25) is 4.79 Å². The van der Waals surface area contributed by atoms with Crippen molar-refractivity contribution in [1.82, 2.24) is 4.90 Å². The molecule has 0 aliphatic heterocycles. The van der Waals surface area contributed by atoms with Crippen LogP contribution in [0.3, 0.4) is 0 Å². The first-order valence-corrected chi connectivity index (χ1v) is 6.95. The molecule has 0 unspecified atom stereocenters. The van der Waals surface area contributed by atoms with E-state index in [2.05, 4.69) is 0 Å². The molecule has 1 aromatic carbocycles. The second-order valence-electron chi connectivity index (χ2n) is 5.74. The average Bonchev–Trinajstić information content (AvgIpc) is 2.35. The van der Waals surface area contributed by atoms with Gasteiger partial charge in [-0.05, 0) is 24.8 Å². The third-order valence-electron chi connectivity index (χ3n) is 3.79. The van der Waals surface area contributed by atoms with E-state index >= 15 is 0 Å². The zero-order valence-corrected chi connectivity index (χ0v) is 11.7. The van der Waals surface area contributed by atoms with E-state index in [4.69, 9.17) is 5.73 Å². The number of alkyl halides is 3. The molecule has 0 aromatic heterocycles. The minimum absolute atomic E-state index is 0.0179. The summed E-state index contributed by atoms with van der Waals surface area (Å²) in [4.78, 5) is 13.0. The van der Waals surface area contributed by atoms with Crippen molar-refractivity contribution >= 4 is 5.91 Å². The molecule has 0 atom stereocenters. The molecular formula is C15H19F3N2O. The van der Waals surface area contributed by atoms with E-state index in [1.807, 2.05) is 0 Å². The van der Waals surface area contributed by atoms with Crippen molar-refractivity contribution in [2.75, 3.05) is 6.54 Å². The summed E-state index contributed by atoms with van der Waals surface area (Å²) in [6.45, 7) is -1.29. The fraction of sp³-hybridized carbons (Fsp3) is 0.533. The molecule has 1 amide bonds. The van der Waals surface area contributed by atoms with Crippen molar-refractivity contribution in [3.8, 4) is 0 Å².